The number of rotatable bonds is 7. The number of anilines is 1. The maximum atomic E-state index is 12.5. The molecule has 0 fully saturated rings. The monoisotopic (exact) mass is 365 g/mol. The lowest BCUT2D eigenvalue weighted by Gasteiger charge is -2.22. The SMILES string of the molecule is COc1cccc(CCNC(=O)C(C)(C)C(=O)Nc2cccc(C#N)c2)c1. The Morgan fingerprint density at radius 3 is 2.56 bits per heavy atom. The minimum Gasteiger partial charge on any atom is -0.497 e. The fourth-order valence-corrected chi connectivity index (χ4v) is 2.43. The third-order valence-electron chi connectivity index (χ3n) is 4.22. The van der Waals surface area contributed by atoms with E-state index in [1.54, 1.807) is 45.2 Å². The Balaban J connectivity index is 1.92. The number of nitrogens with one attached hydrogen (secondary N) is 2. The normalized spacial score (nSPS) is 10.6. The second kappa shape index (κ2) is 8.86. The van der Waals surface area contributed by atoms with Gasteiger partial charge < -0.3 is 15.4 Å². The number of methoxy groups -OCH3 is 1. The van der Waals surface area contributed by atoms with Gasteiger partial charge in [-0.2, -0.15) is 5.26 Å². The zero-order valence-electron chi connectivity index (χ0n) is 15.7. The average molecular weight is 365 g/mol. The molecule has 0 aliphatic heterocycles. The molecule has 2 N–H and O–H groups in total. The van der Waals surface area contributed by atoms with Crippen LogP contribution in [0.25, 0.3) is 0 Å². The molecule has 0 aromatic heterocycles. The highest BCUT2D eigenvalue weighted by Crippen LogP contribution is 2.20. The molecule has 2 rings (SSSR count). The predicted octanol–water partition coefficient (Wildman–Crippen LogP) is 2.89. The Morgan fingerprint density at radius 2 is 1.85 bits per heavy atom. The number of nitrogens with zero attached hydrogens (tertiary/aromatic N) is 1. The number of nitriles is 1. The van der Waals surface area contributed by atoms with Crippen LogP contribution in [0.15, 0.2) is 48.5 Å². The molecule has 140 valence electrons. The maximum absolute atomic E-state index is 12.5. The van der Waals surface area contributed by atoms with Gasteiger partial charge in [-0.05, 0) is 56.2 Å². The van der Waals surface area contributed by atoms with Gasteiger partial charge in [-0.3, -0.25) is 9.59 Å². The standard InChI is InChI=1S/C21H23N3O3/c1-21(2,20(26)24-17-8-4-7-16(12-17)14-22)19(25)23-11-10-15-6-5-9-18(13-15)27-3/h4-9,12-13H,10-11H2,1-3H3,(H,23,25)(H,24,26). The number of benzene rings is 2. The van der Waals surface area contributed by atoms with Crippen molar-refractivity contribution in [1.82, 2.24) is 5.32 Å². The summed E-state index contributed by atoms with van der Waals surface area (Å²) in [6, 6.07) is 16.2. The molecule has 0 aliphatic rings. The molecule has 27 heavy (non-hydrogen) atoms. The summed E-state index contributed by atoms with van der Waals surface area (Å²) in [5.74, 6) is -0.0334. The first-order valence-electron chi connectivity index (χ1n) is 8.59. The van der Waals surface area contributed by atoms with Crippen molar-refractivity contribution in [1.29, 1.82) is 5.26 Å². The van der Waals surface area contributed by atoms with E-state index >= 15 is 0 Å². The third kappa shape index (κ3) is 5.32. The van der Waals surface area contributed by atoms with E-state index in [4.69, 9.17) is 10.00 Å². The van der Waals surface area contributed by atoms with E-state index < -0.39 is 11.3 Å². The topological polar surface area (TPSA) is 91.2 Å². The van der Waals surface area contributed by atoms with Crippen LogP contribution in [0, 0.1) is 16.7 Å². The highest BCUT2D eigenvalue weighted by atomic mass is 16.5. The van der Waals surface area contributed by atoms with Gasteiger partial charge in [0.25, 0.3) is 0 Å². The molecule has 0 saturated heterocycles. The van der Waals surface area contributed by atoms with Gasteiger partial charge in [0.05, 0.1) is 18.7 Å². The Hall–Kier alpha value is -3.33. The summed E-state index contributed by atoms with van der Waals surface area (Å²) in [6.07, 6.45) is 0.630. The summed E-state index contributed by atoms with van der Waals surface area (Å²) < 4.78 is 5.18. The summed E-state index contributed by atoms with van der Waals surface area (Å²) in [7, 11) is 1.61. The van der Waals surface area contributed by atoms with E-state index in [0.717, 1.165) is 11.3 Å². The molecule has 0 bridgehead atoms. The van der Waals surface area contributed by atoms with E-state index in [9.17, 15) is 9.59 Å². The van der Waals surface area contributed by atoms with Crippen molar-refractivity contribution < 1.29 is 14.3 Å². The zero-order chi connectivity index (χ0) is 19.9. The van der Waals surface area contributed by atoms with Crippen molar-refractivity contribution in [2.45, 2.75) is 20.3 Å². The summed E-state index contributed by atoms with van der Waals surface area (Å²) >= 11 is 0. The minimum absolute atomic E-state index is 0.362. The number of carbonyl (C=O) groups excluding carboxylic acids is 2. The quantitative estimate of drug-likeness (QED) is 0.738. The zero-order valence-corrected chi connectivity index (χ0v) is 15.7. The van der Waals surface area contributed by atoms with Crippen molar-refractivity contribution in [3.8, 4) is 11.8 Å². The van der Waals surface area contributed by atoms with Crippen molar-refractivity contribution in [2.24, 2.45) is 5.41 Å². The Bertz CT molecular complexity index is 869. The van der Waals surface area contributed by atoms with Gasteiger partial charge in [-0.15, -0.1) is 0 Å². The molecule has 0 aliphatic carbocycles. The second-order valence-electron chi connectivity index (χ2n) is 6.63. The fourth-order valence-electron chi connectivity index (χ4n) is 2.43. The molecule has 6 nitrogen and oxygen atoms in total. The van der Waals surface area contributed by atoms with Crippen LogP contribution in [-0.2, 0) is 16.0 Å². The van der Waals surface area contributed by atoms with Crippen LogP contribution in [0.3, 0.4) is 0 Å². The Labute approximate surface area is 159 Å². The van der Waals surface area contributed by atoms with E-state index in [-0.39, 0.29) is 5.91 Å². The smallest absolute Gasteiger partial charge is 0.239 e. The summed E-state index contributed by atoms with van der Waals surface area (Å²) in [6.45, 7) is 3.54. The molecule has 6 heteroatoms. The number of ether oxygens (including phenoxy) is 1. The number of hydrogen-bond acceptors (Lipinski definition) is 4. The van der Waals surface area contributed by atoms with Crippen LogP contribution in [-0.4, -0.2) is 25.5 Å². The van der Waals surface area contributed by atoms with Gasteiger partial charge in [0.2, 0.25) is 11.8 Å². The van der Waals surface area contributed by atoms with E-state index in [1.807, 2.05) is 30.3 Å². The van der Waals surface area contributed by atoms with Crippen molar-refractivity contribution in [2.75, 3.05) is 19.0 Å². The average Bonchev–Trinajstić information content (AvgIpc) is 2.68. The Kier molecular flexibility index (Phi) is 6.56. The van der Waals surface area contributed by atoms with Gasteiger partial charge in [0.15, 0.2) is 0 Å². The molecule has 0 unspecified atom stereocenters. The van der Waals surface area contributed by atoms with Crippen LogP contribution in [0.5, 0.6) is 5.75 Å². The van der Waals surface area contributed by atoms with E-state index in [1.165, 1.54) is 0 Å². The molecule has 0 spiro atoms. The van der Waals surface area contributed by atoms with Gasteiger partial charge in [0, 0.05) is 12.2 Å². The first kappa shape index (κ1) is 20.0. The van der Waals surface area contributed by atoms with Gasteiger partial charge in [-0.1, -0.05) is 18.2 Å². The Morgan fingerprint density at radius 1 is 1.11 bits per heavy atom. The highest BCUT2D eigenvalue weighted by molar-refractivity contribution is 6.09. The van der Waals surface area contributed by atoms with Crippen LogP contribution in [0.1, 0.15) is 25.0 Å². The third-order valence-corrected chi connectivity index (χ3v) is 4.22. The lowest BCUT2D eigenvalue weighted by atomic mass is 9.90. The molecule has 0 atom stereocenters. The minimum atomic E-state index is -1.25. The number of carbonyl (C=O) groups is 2. The molecule has 0 saturated carbocycles. The van der Waals surface area contributed by atoms with Crippen LogP contribution in [0.4, 0.5) is 5.69 Å². The van der Waals surface area contributed by atoms with Gasteiger partial charge in [0.1, 0.15) is 11.2 Å². The van der Waals surface area contributed by atoms with Crippen LogP contribution >= 0.6 is 0 Å². The molecule has 2 aromatic carbocycles. The largest absolute Gasteiger partial charge is 0.497 e. The summed E-state index contributed by atoms with van der Waals surface area (Å²) in [4.78, 5) is 25.0. The second-order valence-corrected chi connectivity index (χ2v) is 6.63. The molecular weight excluding hydrogens is 342 g/mol. The van der Waals surface area contributed by atoms with E-state index in [2.05, 4.69) is 10.6 Å². The maximum Gasteiger partial charge on any atom is 0.239 e. The molecule has 0 radical (unpaired) electrons. The van der Waals surface area contributed by atoms with Crippen LogP contribution < -0.4 is 15.4 Å². The van der Waals surface area contributed by atoms with Crippen molar-refractivity contribution >= 4 is 17.5 Å². The molecule has 2 amide bonds. The van der Waals surface area contributed by atoms with Crippen molar-refractivity contribution in [3.63, 3.8) is 0 Å². The van der Waals surface area contributed by atoms with Crippen molar-refractivity contribution in [3.05, 3.63) is 59.7 Å². The van der Waals surface area contributed by atoms with Crippen LogP contribution in [0.2, 0.25) is 0 Å². The molecule has 0 heterocycles. The number of hydrogen-bond donors (Lipinski definition) is 2. The van der Waals surface area contributed by atoms with Gasteiger partial charge in [-0.25, -0.2) is 0 Å². The highest BCUT2D eigenvalue weighted by Gasteiger charge is 2.35. The van der Waals surface area contributed by atoms with E-state index in [0.29, 0.717) is 24.2 Å². The fraction of sp³-hybridized carbons (Fsp3) is 0.286. The summed E-state index contributed by atoms with van der Waals surface area (Å²) in [5.41, 5.74) is 0.701. The molecule has 2 aromatic rings. The first-order chi connectivity index (χ1) is 12.9. The summed E-state index contributed by atoms with van der Waals surface area (Å²) in [5, 5.41) is 14.4. The molecular formula is C21H23N3O3. The number of amides is 2. The predicted molar refractivity (Wildman–Crippen MR) is 103 cm³/mol. The lowest BCUT2D eigenvalue weighted by molar-refractivity contribution is -0.138. The first-order valence-corrected chi connectivity index (χ1v) is 8.59. The lowest BCUT2D eigenvalue weighted by Crippen LogP contribution is -2.45. The van der Waals surface area contributed by atoms with Gasteiger partial charge >= 0.3 is 0 Å².